The third-order valence-electron chi connectivity index (χ3n) is 8.87. The smallest absolute Gasteiger partial charge is 0.308 e. The number of amides is 2. The Morgan fingerprint density at radius 3 is 1.90 bits per heavy atom. The van der Waals surface area contributed by atoms with Crippen LogP contribution in [0, 0.1) is 23.7 Å². The maximum absolute atomic E-state index is 13.3. The van der Waals surface area contributed by atoms with Crippen molar-refractivity contribution >= 4 is 29.4 Å². The van der Waals surface area contributed by atoms with E-state index in [9.17, 15) is 29.4 Å². The molecule has 2 aliphatic carbocycles. The van der Waals surface area contributed by atoms with E-state index in [2.05, 4.69) is 49.6 Å². The first-order valence-electron chi connectivity index (χ1n) is 14.1. The van der Waals surface area contributed by atoms with E-state index in [1.54, 1.807) is 19.9 Å². The van der Waals surface area contributed by atoms with Crippen molar-refractivity contribution in [2.24, 2.45) is 23.7 Å². The Morgan fingerprint density at radius 1 is 0.800 bits per heavy atom. The van der Waals surface area contributed by atoms with Gasteiger partial charge in [0.15, 0.2) is 0 Å². The molecule has 0 heterocycles. The summed E-state index contributed by atoms with van der Waals surface area (Å²) >= 11 is 0. The first-order chi connectivity index (χ1) is 18.7. The van der Waals surface area contributed by atoms with Crippen molar-refractivity contribution in [2.45, 2.75) is 78.2 Å². The lowest BCUT2D eigenvalue weighted by Crippen LogP contribution is -2.64. The van der Waals surface area contributed by atoms with E-state index in [1.807, 2.05) is 19.1 Å². The number of hydrogen-bond acceptors (Lipinski definition) is 4. The van der Waals surface area contributed by atoms with Gasteiger partial charge in [0, 0.05) is 11.2 Å². The third kappa shape index (κ3) is 5.36. The zero-order valence-corrected chi connectivity index (χ0v) is 24.1. The van der Waals surface area contributed by atoms with E-state index in [-0.39, 0.29) is 5.41 Å². The predicted molar refractivity (Wildman–Crippen MR) is 153 cm³/mol. The van der Waals surface area contributed by atoms with E-state index in [0.29, 0.717) is 18.5 Å². The van der Waals surface area contributed by atoms with Gasteiger partial charge in [-0.25, -0.2) is 0 Å². The molecule has 4 N–H and O–H groups in total. The summed E-state index contributed by atoms with van der Waals surface area (Å²) in [5, 5.41) is 25.3. The van der Waals surface area contributed by atoms with Crippen molar-refractivity contribution in [1.29, 1.82) is 0 Å². The van der Waals surface area contributed by atoms with Gasteiger partial charge >= 0.3 is 11.9 Å². The summed E-state index contributed by atoms with van der Waals surface area (Å²) in [6, 6.07) is 12.1. The topological polar surface area (TPSA) is 133 Å². The molecule has 2 aromatic carbocycles. The minimum Gasteiger partial charge on any atom is -0.481 e. The summed E-state index contributed by atoms with van der Waals surface area (Å²) in [5.74, 6) is -9.67. The van der Waals surface area contributed by atoms with Gasteiger partial charge in [-0.2, -0.15) is 0 Å². The fraction of sp³-hybridized carbons (Fsp3) is 0.500. The van der Waals surface area contributed by atoms with Crippen LogP contribution in [0.5, 0.6) is 0 Å². The normalized spacial score (nSPS) is 21.6. The van der Waals surface area contributed by atoms with Gasteiger partial charge in [-0.05, 0) is 78.5 Å². The minimum absolute atomic E-state index is 0.0723. The average molecular weight is 549 g/mol. The molecule has 0 radical (unpaired) electrons. The Bertz CT molecular complexity index is 1340. The summed E-state index contributed by atoms with van der Waals surface area (Å²) in [6.45, 7) is 12.1. The molecule has 214 valence electrons. The first kappa shape index (κ1) is 29.3. The number of carbonyl (C=O) groups excluding carboxylic acids is 2. The molecule has 0 aliphatic heterocycles. The highest BCUT2D eigenvalue weighted by Gasteiger charge is 2.64. The standard InChI is InChI=1S/C32H40N2O6/c1-7-13-31(3,4)19-9-11-21-17(15-19)14-18-16-20(10-12-22(18)21)33-27(35)23-25(29(37)38)24(26(23)30(39)40)28(36)34-32(5,6)8-2/h9-12,15-16,23-26H,7-8,13-14H2,1-6H3,(H,33,35)(H,34,36)(H,37,38)(H,39,40). The van der Waals surface area contributed by atoms with Crippen LogP contribution in [0.15, 0.2) is 36.4 Å². The summed E-state index contributed by atoms with van der Waals surface area (Å²) in [7, 11) is 0. The summed E-state index contributed by atoms with van der Waals surface area (Å²) in [5.41, 5.74) is 5.70. The molecule has 1 fully saturated rings. The number of carboxylic acids is 2. The van der Waals surface area contributed by atoms with Gasteiger partial charge in [0.2, 0.25) is 11.8 Å². The van der Waals surface area contributed by atoms with Crippen LogP contribution in [-0.4, -0.2) is 39.5 Å². The Hall–Kier alpha value is -3.68. The zero-order valence-electron chi connectivity index (χ0n) is 24.1. The van der Waals surface area contributed by atoms with Crippen LogP contribution in [0.1, 0.15) is 77.5 Å². The van der Waals surface area contributed by atoms with E-state index >= 15 is 0 Å². The van der Waals surface area contributed by atoms with Crippen LogP contribution < -0.4 is 10.6 Å². The highest BCUT2D eigenvalue weighted by Crippen LogP contribution is 2.48. The van der Waals surface area contributed by atoms with Crippen LogP contribution in [0.2, 0.25) is 0 Å². The Balaban J connectivity index is 1.54. The number of carboxylic acid groups (broad SMARTS) is 2. The number of rotatable bonds is 10. The maximum Gasteiger partial charge on any atom is 0.308 e. The van der Waals surface area contributed by atoms with Crippen LogP contribution in [0.4, 0.5) is 5.69 Å². The van der Waals surface area contributed by atoms with Crippen LogP contribution >= 0.6 is 0 Å². The third-order valence-corrected chi connectivity index (χ3v) is 8.87. The van der Waals surface area contributed by atoms with Gasteiger partial charge in [-0.3, -0.25) is 19.2 Å². The lowest BCUT2D eigenvalue weighted by Gasteiger charge is -2.46. The second-order valence-corrected chi connectivity index (χ2v) is 12.6. The molecule has 0 aromatic heterocycles. The average Bonchev–Trinajstić information content (AvgIpc) is 3.19. The molecular weight excluding hydrogens is 508 g/mol. The molecule has 2 unspecified atom stereocenters. The molecule has 0 bridgehead atoms. The van der Waals surface area contributed by atoms with Crippen LogP contribution in [0.25, 0.3) is 11.1 Å². The summed E-state index contributed by atoms with van der Waals surface area (Å²) < 4.78 is 0. The van der Waals surface area contributed by atoms with Gasteiger partial charge in [0.1, 0.15) is 0 Å². The van der Waals surface area contributed by atoms with Crippen molar-refractivity contribution < 1.29 is 29.4 Å². The Kier molecular flexibility index (Phi) is 7.85. The first-order valence-corrected chi connectivity index (χ1v) is 14.1. The van der Waals surface area contributed by atoms with Crippen molar-refractivity contribution in [3.05, 3.63) is 53.1 Å². The van der Waals surface area contributed by atoms with Gasteiger partial charge in [0.05, 0.1) is 23.7 Å². The largest absolute Gasteiger partial charge is 0.481 e. The van der Waals surface area contributed by atoms with E-state index in [0.717, 1.165) is 29.5 Å². The van der Waals surface area contributed by atoms with Gasteiger partial charge in [0.25, 0.3) is 0 Å². The Morgan fingerprint density at radius 2 is 1.35 bits per heavy atom. The number of benzene rings is 2. The molecule has 1 saturated carbocycles. The van der Waals surface area contributed by atoms with Gasteiger partial charge < -0.3 is 20.8 Å². The molecule has 8 nitrogen and oxygen atoms in total. The molecule has 4 rings (SSSR count). The lowest BCUT2D eigenvalue weighted by atomic mass is 9.55. The molecule has 2 aliphatic rings. The minimum atomic E-state index is -1.43. The fourth-order valence-electron chi connectivity index (χ4n) is 6.22. The molecule has 8 heteroatoms. The number of hydrogen-bond donors (Lipinski definition) is 4. The van der Waals surface area contributed by atoms with Crippen molar-refractivity contribution in [1.82, 2.24) is 5.32 Å². The van der Waals surface area contributed by atoms with Crippen molar-refractivity contribution in [3.8, 4) is 11.1 Å². The van der Waals surface area contributed by atoms with Gasteiger partial charge in [-0.1, -0.05) is 58.4 Å². The number of nitrogens with one attached hydrogen (secondary N) is 2. The summed E-state index contributed by atoms with van der Waals surface area (Å²) in [6.07, 6.45) is 3.47. The fourth-order valence-corrected chi connectivity index (χ4v) is 6.22. The number of carbonyl (C=O) groups is 4. The number of aliphatic carboxylic acids is 2. The van der Waals surface area contributed by atoms with Crippen molar-refractivity contribution in [3.63, 3.8) is 0 Å². The zero-order chi connectivity index (χ0) is 29.6. The number of anilines is 1. The molecule has 2 aromatic rings. The Labute approximate surface area is 235 Å². The molecule has 0 saturated heterocycles. The molecule has 2 amide bonds. The SMILES string of the molecule is CCCC(C)(C)c1ccc2c(c1)Cc1cc(NC(=O)C3C(C(=O)O)C(C(=O)NC(C)(C)CC)C3C(=O)O)ccc1-2. The van der Waals surface area contributed by atoms with E-state index < -0.39 is 53.0 Å². The van der Waals surface area contributed by atoms with Crippen molar-refractivity contribution in [2.75, 3.05) is 5.32 Å². The molecule has 40 heavy (non-hydrogen) atoms. The predicted octanol–water partition coefficient (Wildman–Crippen LogP) is 5.23. The second kappa shape index (κ2) is 10.7. The summed E-state index contributed by atoms with van der Waals surface area (Å²) in [4.78, 5) is 50.5. The second-order valence-electron chi connectivity index (χ2n) is 12.6. The highest BCUT2D eigenvalue weighted by atomic mass is 16.4. The lowest BCUT2D eigenvalue weighted by molar-refractivity contribution is -0.180. The molecule has 0 spiro atoms. The molecule has 2 atom stereocenters. The van der Waals surface area contributed by atoms with E-state index in [4.69, 9.17) is 0 Å². The van der Waals surface area contributed by atoms with Crippen LogP contribution in [-0.2, 0) is 31.0 Å². The molecular formula is C32H40N2O6. The monoisotopic (exact) mass is 548 g/mol. The maximum atomic E-state index is 13.3. The quantitative estimate of drug-likeness (QED) is 0.274. The van der Waals surface area contributed by atoms with E-state index in [1.165, 1.54) is 11.1 Å². The highest BCUT2D eigenvalue weighted by molar-refractivity contribution is 6.04. The van der Waals surface area contributed by atoms with Crippen LogP contribution in [0.3, 0.4) is 0 Å². The van der Waals surface area contributed by atoms with Gasteiger partial charge in [-0.15, -0.1) is 0 Å². The number of fused-ring (bicyclic) bond motifs is 3.